The molecule has 134 valence electrons. The lowest BCUT2D eigenvalue weighted by molar-refractivity contribution is -0.127. The lowest BCUT2D eigenvalue weighted by atomic mass is 9.80. The van der Waals surface area contributed by atoms with Gasteiger partial charge in [0.15, 0.2) is 5.82 Å². The summed E-state index contributed by atoms with van der Waals surface area (Å²) in [7, 11) is 1.52. The van der Waals surface area contributed by atoms with Gasteiger partial charge in [0.2, 0.25) is 5.91 Å². The van der Waals surface area contributed by atoms with Crippen LogP contribution in [0.25, 0.3) is 5.69 Å². The highest BCUT2D eigenvalue weighted by Crippen LogP contribution is 2.37. The fourth-order valence-electron chi connectivity index (χ4n) is 3.68. The monoisotopic (exact) mass is 343 g/mol. The Balaban J connectivity index is 2.03. The number of nitrogens with one attached hydrogen (secondary N) is 1. The van der Waals surface area contributed by atoms with Gasteiger partial charge in [-0.25, -0.2) is 0 Å². The lowest BCUT2D eigenvalue weighted by Gasteiger charge is -2.36. The van der Waals surface area contributed by atoms with Crippen LogP contribution >= 0.6 is 0 Å². The molecule has 0 saturated heterocycles. The molecule has 0 atom stereocenters. The fourth-order valence-corrected chi connectivity index (χ4v) is 3.68. The second kappa shape index (κ2) is 7.31. The molecule has 2 aromatic rings. The summed E-state index contributed by atoms with van der Waals surface area (Å²) in [6.45, 7) is 4.14. The van der Waals surface area contributed by atoms with Crippen molar-refractivity contribution in [3.8, 4) is 5.69 Å². The topological polar surface area (TPSA) is 81.9 Å². The third-order valence-corrected chi connectivity index (χ3v) is 4.84. The summed E-state index contributed by atoms with van der Waals surface area (Å²) in [4.78, 5) is 12.3. The van der Waals surface area contributed by atoms with Crippen LogP contribution in [-0.4, -0.2) is 39.8 Å². The molecule has 0 spiro atoms. The average molecular weight is 343 g/mol. The summed E-state index contributed by atoms with van der Waals surface area (Å²) in [5.41, 5.74) is 2.69. The van der Waals surface area contributed by atoms with Crippen molar-refractivity contribution in [3.05, 3.63) is 35.2 Å². The molecule has 0 bridgehead atoms. The predicted molar refractivity (Wildman–Crippen MR) is 93.4 cm³/mol. The van der Waals surface area contributed by atoms with E-state index in [0.29, 0.717) is 5.82 Å². The maximum Gasteiger partial charge on any atom is 0.246 e. The van der Waals surface area contributed by atoms with E-state index < -0.39 is 5.54 Å². The second-order valence-corrected chi connectivity index (χ2v) is 6.83. The number of nitrogens with zero attached hydrogens (tertiary/aromatic N) is 4. The molecule has 1 heterocycles. The zero-order chi connectivity index (χ0) is 17.9. The summed E-state index contributed by atoms with van der Waals surface area (Å²) in [5, 5.41) is 15.6. The molecular weight excluding hydrogens is 318 g/mol. The van der Waals surface area contributed by atoms with Gasteiger partial charge in [-0.15, -0.1) is 5.10 Å². The van der Waals surface area contributed by atoms with E-state index in [0.717, 1.165) is 43.4 Å². The molecule has 1 N–H and O–H groups in total. The molecule has 0 radical (unpaired) electrons. The molecule has 0 unspecified atom stereocenters. The number of hydrogen-bond donors (Lipinski definition) is 1. The van der Waals surface area contributed by atoms with E-state index in [-0.39, 0.29) is 12.5 Å². The van der Waals surface area contributed by atoms with E-state index in [1.165, 1.54) is 12.7 Å². The minimum atomic E-state index is -0.547. The fraction of sp³-hybridized carbons (Fsp3) is 0.556. The van der Waals surface area contributed by atoms with Gasteiger partial charge in [-0.1, -0.05) is 37.0 Å². The van der Waals surface area contributed by atoms with Gasteiger partial charge in [0, 0.05) is 7.11 Å². The van der Waals surface area contributed by atoms with Crippen LogP contribution in [0.15, 0.2) is 18.2 Å². The Hall–Kier alpha value is -2.28. The summed E-state index contributed by atoms with van der Waals surface area (Å²) >= 11 is 0. The van der Waals surface area contributed by atoms with Crippen molar-refractivity contribution < 1.29 is 9.53 Å². The van der Waals surface area contributed by atoms with Crippen LogP contribution < -0.4 is 5.32 Å². The number of rotatable bonds is 5. The SMILES string of the molecule is COCC(=O)NC1(c2nnnn2-c2ccc(C)cc2C)CCCCC1. The molecular formula is C18H25N5O2. The Bertz CT molecular complexity index is 750. The van der Waals surface area contributed by atoms with Crippen LogP contribution in [0.2, 0.25) is 0 Å². The van der Waals surface area contributed by atoms with Crippen molar-refractivity contribution in [2.24, 2.45) is 0 Å². The van der Waals surface area contributed by atoms with Crippen LogP contribution in [0.5, 0.6) is 0 Å². The molecule has 1 saturated carbocycles. The summed E-state index contributed by atoms with van der Waals surface area (Å²) in [6, 6.07) is 6.18. The number of aromatic nitrogens is 4. The molecule has 1 aromatic heterocycles. The first kappa shape index (κ1) is 17.5. The minimum Gasteiger partial charge on any atom is -0.375 e. The van der Waals surface area contributed by atoms with E-state index in [1.54, 1.807) is 4.68 Å². The molecule has 0 aliphatic heterocycles. The molecule has 1 aliphatic rings. The van der Waals surface area contributed by atoms with Gasteiger partial charge in [0.05, 0.1) is 5.69 Å². The Morgan fingerprint density at radius 3 is 2.72 bits per heavy atom. The molecule has 1 fully saturated rings. The van der Waals surface area contributed by atoms with Gasteiger partial charge in [0.1, 0.15) is 12.1 Å². The zero-order valence-electron chi connectivity index (χ0n) is 15.1. The molecule has 25 heavy (non-hydrogen) atoms. The van der Waals surface area contributed by atoms with Crippen molar-refractivity contribution >= 4 is 5.91 Å². The third kappa shape index (κ3) is 3.56. The number of methoxy groups -OCH3 is 1. The van der Waals surface area contributed by atoms with Crippen LogP contribution in [0, 0.1) is 13.8 Å². The second-order valence-electron chi connectivity index (χ2n) is 6.83. The van der Waals surface area contributed by atoms with Crippen LogP contribution in [-0.2, 0) is 15.1 Å². The maximum atomic E-state index is 12.3. The zero-order valence-corrected chi connectivity index (χ0v) is 15.1. The number of benzene rings is 1. The average Bonchev–Trinajstić information content (AvgIpc) is 3.06. The Morgan fingerprint density at radius 2 is 2.04 bits per heavy atom. The van der Waals surface area contributed by atoms with E-state index in [9.17, 15) is 4.79 Å². The summed E-state index contributed by atoms with van der Waals surface area (Å²) < 4.78 is 6.76. The highest BCUT2D eigenvalue weighted by molar-refractivity contribution is 5.78. The number of tetrazole rings is 1. The Kier molecular flexibility index (Phi) is 5.13. The predicted octanol–water partition coefficient (Wildman–Crippen LogP) is 2.20. The van der Waals surface area contributed by atoms with E-state index in [1.807, 2.05) is 19.1 Å². The van der Waals surface area contributed by atoms with Gasteiger partial charge in [-0.3, -0.25) is 4.79 Å². The van der Waals surface area contributed by atoms with Gasteiger partial charge in [-0.2, -0.15) is 4.68 Å². The molecule has 1 amide bonds. The van der Waals surface area contributed by atoms with Gasteiger partial charge in [0.25, 0.3) is 0 Å². The summed E-state index contributed by atoms with van der Waals surface area (Å²) in [5.74, 6) is 0.559. The van der Waals surface area contributed by atoms with Crippen molar-refractivity contribution in [1.82, 2.24) is 25.5 Å². The van der Waals surface area contributed by atoms with Crippen LogP contribution in [0.3, 0.4) is 0 Å². The van der Waals surface area contributed by atoms with Crippen molar-refractivity contribution in [2.75, 3.05) is 13.7 Å². The highest BCUT2D eigenvalue weighted by atomic mass is 16.5. The highest BCUT2D eigenvalue weighted by Gasteiger charge is 2.40. The van der Waals surface area contributed by atoms with Crippen molar-refractivity contribution in [1.29, 1.82) is 0 Å². The quantitative estimate of drug-likeness (QED) is 0.900. The van der Waals surface area contributed by atoms with Gasteiger partial charge < -0.3 is 10.1 Å². The van der Waals surface area contributed by atoms with Crippen molar-refractivity contribution in [3.63, 3.8) is 0 Å². The van der Waals surface area contributed by atoms with E-state index >= 15 is 0 Å². The first-order valence-electron chi connectivity index (χ1n) is 8.72. The van der Waals surface area contributed by atoms with E-state index in [4.69, 9.17) is 4.74 Å². The number of carbonyl (C=O) groups is 1. The van der Waals surface area contributed by atoms with Gasteiger partial charge in [-0.05, 0) is 48.7 Å². The first-order valence-corrected chi connectivity index (χ1v) is 8.72. The Morgan fingerprint density at radius 1 is 1.28 bits per heavy atom. The minimum absolute atomic E-state index is 0.0346. The maximum absolute atomic E-state index is 12.3. The third-order valence-electron chi connectivity index (χ3n) is 4.84. The largest absolute Gasteiger partial charge is 0.375 e. The number of carbonyl (C=O) groups excluding carboxylic acids is 1. The van der Waals surface area contributed by atoms with Gasteiger partial charge >= 0.3 is 0 Å². The smallest absolute Gasteiger partial charge is 0.246 e. The van der Waals surface area contributed by atoms with Crippen LogP contribution in [0.1, 0.15) is 49.1 Å². The standard InChI is InChI=1S/C18H25N5O2/c1-13-7-8-15(14(2)11-13)23-17(20-21-22-23)18(9-5-4-6-10-18)19-16(24)12-25-3/h7-8,11H,4-6,9-10,12H2,1-3H3,(H,19,24). The Labute approximate surface area is 147 Å². The van der Waals surface area contributed by atoms with Crippen molar-refractivity contribution in [2.45, 2.75) is 51.5 Å². The van der Waals surface area contributed by atoms with Crippen LogP contribution in [0.4, 0.5) is 0 Å². The normalized spacial score (nSPS) is 16.6. The molecule has 1 aliphatic carbocycles. The molecule has 7 heteroatoms. The molecule has 7 nitrogen and oxygen atoms in total. The number of amides is 1. The summed E-state index contributed by atoms with van der Waals surface area (Å²) in [6.07, 6.45) is 4.88. The van der Waals surface area contributed by atoms with E-state index in [2.05, 4.69) is 33.8 Å². The number of hydrogen-bond acceptors (Lipinski definition) is 5. The molecule has 1 aromatic carbocycles. The number of aryl methyl sites for hydroxylation is 2. The lowest BCUT2D eigenvalue weighted by Crippen LogP contribution is -2.50. The number of ether oxygens (including phenoxy) is 1. The molecule has 3 rings (SSSR count). The first-order chi connectivity index (χ1) is 12.1.